The van der Waals surface area contributed by atoms with Crippen LogP contribution in [0.15, 0.2) is 30.3 Å². The maximum atomic E-state index is 12.6. The van der Waals surface area contributed by atoms with E-state index in [2.05, 4.69) is 10.1 Å². The van der Waals surface area contributed by atoms with Gasteiger partial charge in [0.2, 0.25) is 0 Å². The first-order valence-corrected chi connectivity index (χ1v) is 7.86. The Morgan fingerprint density at radius 1 is 1.29 bits per heavy atom. The first-order chi connectivity index (χ1) is 11.4. The summed E-state index contributed by atoms with van der Waals surface area (Å²) in [5.41, 5.74) is 0.995. The van der Waals surface area contributed by atoms with Crippen LogP contribution in [-0.4, -0.2) is 47.7 Å². The minimum absolute atomic E-state index is 0.0478. The lowest BCUT2D eigenvalue weighted by molar-refractivity contribution is -0.161. The smallest absolute Gasteiger partial charge is 0.408 e. The van der Waals surface area contributed by atoms with E-state index in [-0.39, 0.29) is 18.6 Å². The molecular weight excluding hydrogens is 312 g/mol. The fourth-order valence-electron chi connectivity index (χ4n) is 2.35. The molecule has 24 heavy (non-hydrogen) atoms. The van der Waals surface area contributed by atoms with Crippen molar-refractivity contribution in [2.75, 3.05) is 6.61 Å². The van der Waals surface area contributed by atoms with Crippen LogP contribution in [0.1, 0.15) is 26.3 Å². The third-order valence-electron chi connectivity index (χ3n) is 3.70. The first-order valence-electron chi connectivity index (χ1n) is 7.86. The molecule has 2 atom stereocenters. The highest BCUT2D eigenvalue weighted by molar-refractivity contribution is 5.87. The second kappa shape index (κ2) is 7.81. The molecule has 1 heterocycles. The van der Waals surface area contributed by atoms with Gasteiger partial charge < -0.3 is 19.7 Å². The Hall–Kier alpha value is -2.57. The molecule has 2 amide bonds. The third-order valence-corrected chi connectivity index (χ3v) is 3.70. The van der Waals surface area contributed by atoms with Gasteiger partial charge in [-0.15, -0.1) is 0 Å². The molecule has 1 unspecified atom stereocenters. The number of benzene rings is 1. The van der Waals surface area contributed by atoms with Crippen molar-refractivity contribution in [2.45, 2.75) is 45.5 Å². The van der Waals surface area contributed by atoms with Gasteiger partial charge in [0.25, 0.3) is 5.91 Å². The van der Waals surface area contributed by atoms with Crippen LogP contribution >= 0.6 is 0 Å². The maximum absolute atomic E-state index is 12.6. The van der Waals surface area contributed by atoms with E-state index in [4.69, 9.17) is 4.74 Å². The number of ether oxygens (including phenoxy) is 2. The average Bonchev–Trinajstić information content (AvgIpc) is 2.99. The molecule has 7 heteroatoms. The van der Waals surface area contributed by atoms with Crippen LogP contribution < -0.4 is 5.32 Å². The van der Waals surface area contributed by atoms with Crippen molar-refractivity contribution < 1.29 is 23.9 Å². The number of rotatable bonds is 6. The first kappa shape index (κ1) is 17.8. The van der Waals surface area contributed by atoms with Crippen LogP contribution in [0, 0.1) is 0 Å². The Morgan fingerprint density at radius 3 is 2.50 bits per heavy atom. The molecule has 0 bridgehead atoms. The van der Waals surface area contributed by atoms with E-state index in [1.807, 2.05) is 44.2 Å². The predicted molar refractivity (Wildman–Crippen MR) is 86.0 cm³/mol. The van der Waals surface area contributed by atoms with Gasteiger partial charge in [0.15, 0.2) is 12.1 Å². The van der Waals surface area contributed by atoms with E-state index in [0.717, 1.165) is 5.56 Å². The quantitative estimate of drug-likeness (QED) is 0.796. The minimum atomic E-state index is -0.943. The van der Waals surface area contributed by atoms with E-state index in [1.54, 1.807) is 4.90 Å². The van der Waals surface area contributed by atoms with Crippen LogP contribution in [0.25, 0.3) is 0 Å². The number of nitrogens with one attached hydrogen (secondary N) is 1. The summed E-state index contributed by atoms with van der Waals surface area (Å²) in [4.78, 5) is 37.2. The Labute approximate surface area is 140 Å². The standard InChI is InChI=1S/C17H22N2O5/c1-11(2)19(9-13-7-5-4-6-8-13)15(20)12(3)24-16(21)14-10-23-17(22)18-14/h4-8,11-12,14H,9-10H2,1-3H3,(H,18,22)/t12?,14-/m0/s1. The highest BCUT2D eigenvalue weighted by atomic mass is 16.6. The van der Waals surface area contributed by atoms with Crippen molar-refractivity contribution in [3.63, 3.8) is 0 Å². The third kappa shape index (κ3) is 4.47. The van der Waals surface area contributed by atoms with Gasteiger partial charge in [-0.25, -0.2) is 9.59 Å². The molecule has 1 aliphatic rings. The van der Waals surface area contributed by atoms with Gasteiger partial charge in [-0.2, -0.15) is 0 Å². The van der Waals surface area contributed by atoms with Crippen molar-refractivity contribution in [1.29, 1.82) is 0 Å². The Bertz CT molecular complexity index is 602. The lowest BCUT2D eigenvalue weighted by Crippen LogP contribution is -2.45. The van der Waals surface area contributed by atoms with Crippen molar-refractivity contribution >= 4 is 18.0 Å². The van der Waals surface area contributed by atoms with Gasteiger partial charge in [0.05, 0.1) is 0 Å². The number of carbonyl (C=O) groups is 3. The van der Waals surface area contributed by atoms with Crippen molar-refractivity contribution in [2.24, 2.45) is 0 Å². The van der Waals surface area contributed by atoms with Crippen LogP contribution in [0.2, 0.25) is 0 Å². The number of nitrogens with zero attached hydrogens (tertiary/aromatic N) is 1. The lowest BCUT2D eigenvalue weighted by atomic mass is 10.1. The number of cyclic esters (lactones) is 1. The van der Waals surface area contributed by atoms with Crippen LogP contribution in [0.5, 0.6) is 0 Å². The molecule has 2 rings (SSSR count). The number of hydrogen-bond donors (Lipinski definition) is 1. The highest BCUT2D eigenvalue weighted by Gasteiger charge is 2.33. The van der Waals surface area contributed by atoms with E-state index in [0.29, 0.717) is 6.54 Å². The van der Waals surface area contributed by atoms with Gasteiger partial charge in [-0.1, -0.05) is 30.3 Å². The number of amides is 2. The molecule has 1 saturated heterocycles. The minimum Gasteiger partial charge on any atom is -0.451 e. The zero-order valence-corrected chi connectivity index (χ0v) is 14.0. The normalized spacial score (nSPS) is 17.8. The van der Waals surface area contributed by atoms with Crippen molar-refractivity contribution in [3.8, 4) is 0 Å². The average molecular weight is 334 g/mol. The molecule has 1 fully saturated rings. The summed E-state index contributed by atoms with van der Waals surface area (Å²) in [6, 6.07) is 8.68. The van der Waals surface area contributed by atoms with Crippen molar-refractivity contribution in [1.82, 2.24) is 10.2 Å². The number of carbonyl (C=O) groups excluding carboxylic acids is 3. The van der Waals surface area contributed by atoms with Gasteiger partial charge >= 0.3 is 12.1 Å². The molecule has 1 N–H and O–H groups in total. The molecule has 1 aliphatic heterocycles. The van der Waals surface area contributed by atoms with Crippen molar-refractivity contribution in [3.05, 3.63) is 35.9 Å². The number of esters is 1. The fraction of sp³-hybridized carbons (Fsp3) is 0.471. The Morgan fingerprint density at radius 2 is 1.96 bits per heavy atom. The molecule has 130 valence electrons. The molecule has 0 spiro atoms. The summed E-state index contributed by atoms with van der Waals surface area (Å²) in [5, 5.41) is 2.33. The lowest BCUT2D eigenvalue weighted by Gasteiger charge is -2.29. The summed E-state index contributed by atoms with van der Waals surface area (Å²) >= 11 is 0. The van der Waals surface area contributed by atoms with E-state index in [1.165, 1.54) is 6.92 Å². The monoisotopic (exact) mass is 334 g/mol. The zero-order chi connectivity index (χ0) is 17.7. The van der Waals surface area contributed by atoms with Crippen LogP contribution in [0.3, 0.4) is 0 Å². The molecular formula is C17H22N2O5. The SMILES string of the molecule is CC(OC(=O)[C@@H]1COC(=O)N1)C(=O)N(Cc1ccccc1)C(C)C. The largest absolute Gasteiger partial charge is 0.451 e. The molecule has 0 radical (unpaired) electrons. The van der Waals surface area contributed by atoms with Gasteiger partial charge in [0, 0.05) is 12.6 Å². The summed E-state index contributed by atoms with van der Waals surface area (Å²) < 4.78 is 9.84. The summed E-state index contributed by atoms with van der Waals surface area (Å²) in [6.45, 7) is 5.68. The van der Waals surface area contributed by atoms with Gasteiger partial charge in [-0.05, 0) is 26.3 Å². The van der Waals surface area contributed by atoms with Crippen LogP contribution in [-0.2, 0) is 25.6 Å². The van der Waals surface area contributed by atoms with Gasteiger partial charge in [-0.3, -0.25) is 4.79 Å². The van der Waals surface area contributed by atoms with Crippen LogP contribution in [0.4, 0.5) is 4.79 Å². The fourth-order valence-corrected chi connectivity index (χ4v) is 2.35. The number of hydrogen-bond acceptors (Lipinski definition) is 5. The molecule has 0 aromatic heterocycles. The Balaban J connectivity index is 1.98. The summed E-state index contributed by atoms with van der Waals surface area (Å²) in [7, 11) is 0. The molecule has 1 aromatic carbocycles. The summed E-state index contributed by atoms with van der Waals surface area (Å²) in [5.74, 6) is -0.961. The Kier molecular flexibility index (Phi) is 5.78. The number of alkyl carbamates (subject to hydrolysis) is 1. The molecule has 0 aliphatic carbocycles. The predicted octanol–water partition coefficient (Wildman–Crippen LogP) is 1.46. The molecule has 0 saturated carbocycles. The molecule has 7 nitrogen and oxygen atoms in total. The van der Waals surface area contributed by atoms with Gasteiger partial charge in [0.1, 0.15) is 6.61 Å². The maximum Gasteiger partial charge on any atom is 0.408 e. The van der Waals surface area contributed by atoms with E-state index >= 15 is 0 Å². The summed E-state index contributed by atoms with van der Waals surface area (Å²) in [6.07, 6.45) is -1.61. The van der Waals surface area contributed by atoms with E-state index in [9.17, 15) is 14.4 Å². The highest BCUT2D eigenvalue weighted by Crippen LogP contribution is 2.12. The second-order valence-corrected chi connectivity index (χ2v) is 5.92. The topological polar surface area (TPSA) is 84.9 Å². The van der Waals surface area contributed by atoms with E-state index < -0.39 is 24.2 Å². The second-order valence-electron chi connectivity index (χ2n) is 5.92. The molecule has 1 aromatic rings. The zero-order valence-electron chi connectivity index (χ0n) is 14.0.